The number of benzene rings is 1. The summed E-state index contributed by atoms with van der Waals surface area (Å²) in [7, 11) is 0. The highest BCUT2D eigenvalue weighted by atomic mass is 16.4. The first-order valence-corrected chi connectivity index (χ1v) is 7.32. The molecule has 1 aromatic rings. The van der Waals surface area contributed by atoms with Gasteiger partial charge in [0.2, 0.25) is 0 Å². The molecule has 2 rings (SSSR count). The summed E-state index contributed by atoms with van der Waals surface area (Å²) in [6, 6.07) is 8.65. The van der Waals surface area contributed by atoms with Gasteiger partial charge in [0, 0.05) is 6.04 Å². The first kappa shape index (κ1) is 15.5. The van der Waals surface area contributed by atoms with Crippen LogP contribution in [0.5, 0.6) is 0 Å². The summed E-state index contributed by atoms with van der Waals surface area (Å²) in [5.41, 5.74) is 0.915. The van der Waals surface area contributed by atoms with Gasteiger partial charge in [-0.1, -0.05) is 43.2 Å². The van der Waals surface area contributed by atoms with Crippen LogP contribution in [0.1, 0.15) is 31.2 Å². The molecule has 1 aliphatic rings. The molecule has 0 radical (unpaired) electrons. The number of carboxylic acids is 2. The van der Waals surface area contributed by atoms with Crippen molar-refractivity contribution >= 4 is 11.9 Å². The third-order valence-electron chi connectivity index (χ3n) is 4.07. The molecule has 2 N–H and O–H groups in total. The average Bonchev–Trinajstić information content (AvgIpc) is 2.97. The number of nitrogens with zero attached hydrogens (tertiary/aromatic N) is 1. The topological polar surface area (TPSA) is 77.8 Å². The molecule has 0 bridgehead atoms. The molecule has 0 aliphatic heterocycles. The Kier molecular flexibility index (Phi) is 5.33. The SMILES string of the molecule is O=C(O)CN(C1CCCC1)C(Cc1ccccc1)C(=O)O. The van der Waals surface area contributed by atoms with Gasteiger partial charge in [-0.3, -0.25) is 14.5 Å². The normalized spacial score (nSPS) is 17.0. The van der Waals surface area contributed by atoms with Crippen LogP contribution in [0.15, 0.2) is 30.3 Å². The molecule has 0 spiro atoms. The minimum atomic E-state index is -0.971. The summed E-state index contributed by atoms with van der Waals surface area (Å²) >= 11 is 0. The van der Waals surface area contributed by atoms with Gasteiger partial charge in [0.15, 0.2) is 0 Å². The molecule has 0 aromatic heterocycles. The van der Waals surface area contributed by atoms with E-state index in [0.717, 1.165) is 31.2 Å². The van der Waals surface area contributed by atoms with Crippen LogP contribution in [0, 0.1) is 0 Å². The van der Waals surface area contributed by atoms with E-state index in [1.165, 1.54) is 0 Å². The van der Waals surface area contributed by atoms with E-state index in [9.17, 15) is 14.7 Å². The number of hydrogen-bond donors (Lipinski definition) is 2. The van der Waals surface area contributed by atoms with Gasteiger partial charge in [0.25, 0.3) is 0 Å². The van der Waals surface area contributed by atoms with Crippen molar-refractivity contribution in [2.24, 2.45) is 0 Å². The average molecular weight is 291 g/mol. The minimum absolute atomic E-state index is 0.0610. The summed E-state index contributed by atoms with van der Waals surface area (Å²) < 4.78 is 0. The molecule has 0 amide bonds. The largest absolute Gasteiger partial charge is 0.480 e. The van der Waals surface area contributed by atoms with Crippen molar-refractivity contribution in [2.75, 3.05) is 6.54 Å². The Balaban J connectivity index is 2.18. The highest BCUT2D eigenvalue weighted by Crippen LogP contribution is 2.26. The molecule has 0 saturated heterocycles. The Hall–Kier alpha value is -1.88. The van der Waals surface area contributed by atoms with E-state index in [1.807, 2.05) is 30.3 Å². The third-order valence-corrected chi connectivity index (χ3v) is 4.07. The number of hydrogen-bond acceptors (Lipinski definition) is 3. The first-order valence-electron chi connectivity index (χ1n) is 7.32. The number of rotatable bonds is 7. The minimum Gasteiger partial charge on any atom is -0.480 e. The van der Waals surface area contributed by atoms with Crippen LogP contribution in [0.4, 0.5) is 0 Å². The summed E-state index contributed by atoms with van der Waals surface area (Å²) in [4.78, 5) is 24.4. The smallest absolute Gasteiger partial charge is 0.321 e. The molecule has 1 unspecified atom stereocenters. The van der Waals surface area contributed by atoms with Gasteiger partial charge < -0.3 is 10.2 Å². The van der Waals surface area contributed by atoms with E-state index in [2.05, 4.69) is 0 Å². The van der Waals surface area contributed by atoms with Crippen LogP contribution < -0.4 is 0 Å². The molecule has 21 heavy (non-hydrogen) atoms. The molecule has 5 nitrogen and oxygen atoms in total. The Bertz CT molecular complexity index is 482. The monoisotopic (exact) mass is 291 g/mol. The summed E-state index contributed by atoms with van der Waals surface area (Å²) in [5, 5.41) is 18.7. The standard InChI is InChI=1S/C16H21NO4/c18-15(19)11-17(13-8-4-5-9-13)14(16(20)21)10-12-6-2-1-3-7-12/h1-3,6-7,13-14H,4-5,8-11H2,(H,18,19)(H,20,21). The van der Waals surface area contributed by atoms with Crippen molar-refractivity contribution in [3.63, 3.8) is 0 Å². The van der Waals surface area contributed by atoms with Crippen molar-refractivity contribution in [1.29, 1.82) is 0 Å². The number of carboxylic acid groups (broad SMARTS) is 2. The van der Waals surface area contributed by atoms with Gasteiger partial charge in [-0.2, -0.15) is 0 Å². The van der Waals surface area contributed by atoms with Crippen molar-refractivity contribution in [2.45, 2.75) is 44.2 Å². The fourth-order valence-corrected chi connectivity index (χ4v) is 3.07. The van der Waals surface area contributed by atoms with Gasteiger partial charge in [-0.15, -0.1) is 0 Å². The maximum Gasteiger partial charge on any atom is 0.321 e. The fraction of sp³-hybridized carbons (Fsp3) is 0.500. The maximum atomic E-state index is 11.6. The highest BCUT2D eigenvalue weighted by Gasteiger charge is 2.34. The van der Waals surface area contributed by atoms with Crippen LogP contribution in [0.3, 0.4) is 0 Å². The Morgan fingerprint density at radius 1 is 1.14 bits per heavy atom. The molecular formula is C16H21NO4. The zero-order valence-electron chi connectivity index (χ0n) is 11.9. The summed E-state index contributed by atoms with van der Waals surface area (Å²) in [6.07, 6.45) is 4.18. The van der Waals surface area contributed by atoms with Crippen molar-refractivity contribution in [1.82, 2.24) is 4.90 Å². The molecular weight excluding hydrogens is 270 g/mol. The van der Waals surface area contributed by atoms with E-state index in [1.54, 1.807) is 4.90 Å². The third kappa shape index (κ3) is 4.29. The molecule has 114 valence electrons. The molecule has 1 fully saturated rings. The molecule has 0 heterocycles. The fourth-order valence-electron chi connectivity index (χ4n) is 3.07. The van der Waals surface area contributed by atoms with E-state index in [0.29, 0.717) is 6.42 Å². The number of aliphatic carboxylic acids is 2. The zero-order valence-corrected chi connectivity index (χ0v) is 11.9. The Morgan fingerprint density at radius 3 is 2.29 bits per heavy atom. The van der Waals surface area contributed by atoms with Crippen LogP contribution >= 0.6 is 0 Å². The summed E-state index contributed by atoms with van der Waals surface area (Å²) in [6.45, 7) is -0.214. The molecule has 1 atom stereocenters. The second kappa shape index (κ2) is 7.22. The zero-order chi connectivity index (χ0) is 15.2. The predicted octanol–water partition coefficient (Wildman–Crippen LogP) is 2.01. The molecule has 5 heteroatoms. The second-order valence-electron chi connectivity index (χ2n) is 5.55. The van der Waals surface area contributed by atoms with Gasteiger partial charge in [-0.05, 0) is 24.8 Å². The Labute approximate surface area is 124 Å². The van der Waals surface area contributed by atoms with Gasteiger partial charge in [0.05, 0.1) is 6.54 Å². The van der Waals surface area contributed by atoms with E-state index < -0.39 is 18.0 Å². The Morgan fingerprint density at radius 2 is 1.76 bits per heavy atom. The molecule has 1 aromatic carbocycles. The second-order valence-corrected chi connectivity index (χ2v) is 5.55. The lowest BCUT2D eigenvalue weighted by Crippen LogP contribution is -2.50. The first-order chi connectivity index (χ1) is 10.1. The van der Waals surface area contributed by atoms with Crippen molar-refractivity contribution in [3.8, 4) is 0 Å². The van der Waals surface area contributed by atoms with Crippen molar-refractivity contribution in [3.05, 3.63) is 35.9 Å². The number of carbonyl (C=O) groups is 2. The van der Waals surface area contributed by atoms with Crippen LogP contribution in [0.25, 0.3) is 0 Å². The quantitative estimate of drug-likeness (QED) is 0.803. The lowest BCUT2D eigenvalue weighted by Gasteiger charge is -2.32. The van der Waals surface area contributed by atoms with Crippen LogP contribution in [-0.4, -0.2) is 45.7 Å². The van der Waals surface area contributed by atoms with Crippen LogP contribution in [-0.2, 0) is 16.0 Å². The van der Waals surface area contributed by atoms with Crippen molar-refractivity contribution < 1.29 is 19.8 Å². The van der Waals surface area contributed by atoms with E-state index in [4.69, 9.17) is 5.11 Å². The highest BCUT2D eigenvalue weighted by molar-refractivity contribution is 5.76. The van der Waals surface area contributed by atoms with Crippen LogP contribution in [0.2, 0.25) is 0 Å². The van der Waals surface area contributed by atoms with Gasteiger partial charge >= 0.3 is 11.9 Å². The maximum absolute atomic E-state index is 11.6. The molecule has 1 saturated carbocycles. The van der Waals surface area contributed by atoms with Gasteiger partial charge in [0.1, 0.15) is 6.04 Å². The van der Waals surface area contributed by atoms with E-state index >= 15 is 0 Å². The van der Waals surface area contributed by atoms with Gasteiger partial charge in [-0.25, -0.2) is 0 Å². The van der Waals surface area contributed by atoms with E-state index in [-0.39, 0.29) is 12.6 Å². The lowest BCUT2D eigenvalue weighted by molar-refractivity contribution is -0.147. The predicted molar refractivity (Wildman–Crippen MR) is 78.2 cm³/mol. The summed E-state index contributed by atoms with van der Waals surface area (Å²) in [5.74, 6) is -1.92. The molecule has 1 aliphatic carbocycles. The lowest BCUT2D eigenvalue weighted by atomic mass is 10.0.